The van der Waals surface area contributed by atoms with Gasteiger partial charge in [-0.05, 0) is 38.1 Å². The van der Waals surface area contributed by atoms with Crippen LogP contribution in [0.3, 0.4) is 0 Å². The van der Waals surface area contributed by atoms with E-state index in [0.29, 0.717) is 37.7 Å². The van der Waals surface area contributed by atoms with Crippen LogP contribution in [0.15, 0.2) is 24.3 Å². The van der Waals surface area contributed by atoms with E-state index in [2.05, 4.69) is 10.6 Å². The van der Waals surface area contributed by atoms with Crippen LogP contribution < -0.4 is 31.6 Å². The molecule has 4 atom stereocenters. The first kappa shape index (κ1) is 22.6. The number of aliphatic hydroxyl groups excluding tert-OH is 2. The molecule has 1 rings (SSSR count). The van der Waals surface area contributed by atoms with Gasteiger partial charge in [0.1, 0.15) is 36.9 Å². The van der Waals surface area contributed by atoms with E-state index in [1.165, 1.54) is 0 Å². The second-order valence-corrected chi connectivity index (χ2v) is 6.67. The number of nitrogens with one attached hydrogen (secondary N) is 2. The van der Waals surface area contributed by atoms with Crippen LogP contribution in [0.2, 0.25) is 0 Å². The molecule has 8 N–H and O–H groups in total. The van der Waals surface area contributed by atoms with Gasteiger partial charge < -0.3 is 41.8 Å². The average molecular weight is 370 g/mol. The molecule has 26 heavy (non-hydrogen) atoms. The Morgan fingerprint density at radius 3 is 1.42 bits per heavy atom. The summed E-state index contributed by atoms with van der Waals surface area (Å²) >= 11 is 0. The molecule has 150 valence electrons. The molecule has 1 aromatic rings. The SMILES string of the molecule is CC(N)CNCC(O)COc1ccc(OCC(O)CNCC(C)N)cc1. The molecule has 0 fully saturated rings. The van der Waals surface area contributed by atoms with Crippen molar-refractivity contribution in [2.75, 3.05) is 39.4 Å². The monoisotopic (exact) mass is 370 g/mol. The Morgan fingerprint density at radius 1 is 0.769 bits per heavy atom. The number of nitrogens with two attached hydrogens (primary N) is 2. The molecule has 8 heteroatoms. The van der Waals surface area contributed by atoms with E-state index in [4.69, 9.17) is 20.9 Å². The molecule has 0 aliphatic heterocycles. The van der Waals surface area contributed by atoms with Crippen molar-refractivity contribution in [1.82, 2.24) is 10.6 Å². The van der Waals surface area contributed by atoms with E-state index in [1.54, 1.807) is 24.3 Å². The Labute approximate surface area is 155 Å². The number of ether oxygens (including phenoxy) is 2. The van der Waals surface area contributed by atoms with Gasteiger partial charge in [0.2, 0.25) is 0 Å². The summed E-state index contributed by atoms with van der Waals surface area (Å²) in [5, 5.41) is 25.8. The van der Waals surface area contributed by atoms with E-state index in [1.807, 2.05) is 13.8 Å². The fourth-order valence-electron chi connectivity index (χ4n) is 2.09. The smallest absolute Gasteiger partial charge is 0.119 e. The van der Waals surface area contributed by atoms with Crippen LogP contribution in [0.1, 0.15) is 13.8 Å². The lowest BCUT2D eigenvalue weighted by Gasteiger charge is -2.15. The zero-order chi connectivity index (χ0) is 19.4. The maximum atomic E-state index is 9.83. The molecule has 0 saturated heterocycles. The standard InChI is InChI=1S/C18H34N4O4/c1-13(19)7-21-9-15(23)11-25-17-3-5-18(6-4-17)26-12-16(24)10-22-8-14(2)20/h3-6,13-16,21-24H,7-12,19-20H2,1-2H3. The number of hydrogen-bond donors (Lipinski definition) is 6. The minimum Gasteiger partial charge on any atom is -0.491 e. The quantitative estimate of drug-likeness (QED) is 0.246. The van der Waals surface area contributed by atoms with Gasteiger partial charge in [-0.25, -0.2) is 0 Å². The summed E-state index contributed by atoms with van der Waals surface area (Å²) < 4.78 is 11.1. The maximum absolute atomic E-state index is 9.83. The van der Waals surface area contributed by atoms with Crippen molar-refractivity contribution < 1.29 is 19.7 Å². The van der Waals surface area contributed by atoms with Gasteiger partial charge in [0.25, 0.3) is 0 Å². The zero-order valence-corrected chi connectivity index (χ0v) is 15.7. The van der Waals surface area contributed by atoms with Gasteiger partial charge in [0.15, 0.2) is 0 Å². The lowest BCUT2D eigenvalue weighted by Crippen LogP contribution is -2.37. The summed E-state index contributed by atoms with van der Waals surface area (Å²) in [7, 11) is 0. The van der Waals surface area contributed by atoms with Gasteiger partial charge >= 0.3 is 0 Å². The van der Waals surface area contributed by atoms with Crippen molar-refractivity contribution in [2.45, 2.75) is 38.1 Å². The van der Waals surface area contributed by atoms with Crippen molar-refractivity contribution in [1.29, 1.82) is 0 Å². The minimum absolute atomic E-state index is 0.0502. The van der Waals surface area contributed by atoms with E-state index < -0.39 is 12.2 Å². The van der Waals surface area contributed by atoms with Crippen LogP contribution in [-0.2, 0) is 0 Å². The second kappa shape index (κ2) is 12.9. The molecule has 0 spiro atoms. The van der Waals surface area contributed by atoms with Gasteiger partial charge in [-0.2, -0.15) is 0 Å². The Hall–Kier alpha value is -1.42. The van der Waals surface area contributed by atoms with Crippen LogP contribution in [0.25, 0.3) is 0 Å². The minimum atomic E-state index is -0.608. The van der Waals surface area contributed by atoms with Crippen LogP contribution in [0.5, 0.6) is 11.5 Å². The summed E-state index contributed by atoms with van der Waals surface area (Å²) in [5.41, 5.74) is 11.3. The van der Waals surface area contributed by atoms with Gasteiger partial charge in [0.05, 0.1) is 0 Å². The first-order valence-corrected chi connectivity index (χ1v) is 9.01. The first-order chi connectivity index (χ1) is 12.4. The topological polar surface area (TPSA) is 135 Å². The van der Waals surface area contributed by atoms with E-state index in [0.717, 1.165) is 0 Å². The predicted octanol–water partition coefficient (Wildman–Crippen LogP) is -0.960. The van der Waals surface area contributed by atoms with Gasteiger partial charge in [-0.15, -0.1) is 0 Å². The molecule has 0 saturated carbocycles. The summed E-state index contributed by atoms with van der Waals surface area (Å²) in [6, 6.07) is 7.15. The Bertz CT molecular complexity index is 428. The molecule has 4 unspecified atom stereocenters. The van der Waals surface area contributed by atoms with Crippen molar-refractivity contribution >= 4 is 0 Å². The summed E-state index contributed by atoms with van der Waals surface area (Å²) in [4.78, 5) is 0. The Kier molecular flexibility index (Phi) is 11.2. The highest BCUT2D eigenvalue weighted by molar-refractivity contribution is 5.31. The molecular formula is C18H34N4O4. The third-order valence-electron chi connectivity index (χ3n) is 3.40. The van der Waals surface area contributed by atoms with Crippen molar-refractivity contribution in [2.24, 2.45) is 11.5 Å². The lowest BCUT2D eigenvalue weighted by molar-refractivity contribution is 0.104. The largest absolute Gasteiger partial charge is 0.491 e. The van der Waals surface area contributed by atoms with E-state index >= 15 is 0 Å². The van der Waals surface area contributed by atoms with Crippen LogP contribution >= 0.6 is 0 Å². The highest BCUT2D eigenvalue weighted by Gasteiger charge is 2.07. The van der Waals surface area contributed by atoms with Crippen molar-refractivity contribution in [3.8, 4) is 11.5 Å². The fourth-order valence-corrected chi connectivity index (χ4v) is 2.09. The molecule has 0 heterocycles. The van der Waals surface area contributed by atoms with Crippen LogP contribution in [-0.4, -0.2) is 73.9 Å². The molecule has 0 aromatic heterocycles. The number of rotatable bonds is 14. The first-order valence-electron chi connectivity index (χ1n) is 9.01. The Balaban J connectivity index is 2.22. The third-order valence-corrected chi connectivity index (χ3v) is 3.40. The lowest BCUT2D eigenvalue weighted by atomic mass is 10.3. The molecule has 1 aromatic carbocycles. The zero-order valence-electron chi connectivity index (χ0n) is 15.7. The third kappa shape index (κ3) is 11.2. The molecule has 0 radical (unpaired) electrons. The Morgan fingerprint density at radius 2 is 1.12 bits per heavy atom. The number of benzene rings is 1. The maximum Gasteiger partial charge on any atom is 0.119 e. The van der Waals surface area contributed by atoms with Crippen LogP contribution in [0.4, 0.5) is 0 Å². The fraction of sp³-hybridized carbons (Fsp3) is 0.667. The van der Waals surface area contributed by atoms with Crippen molar-refractivity contribution in [3.63, 3.8) is 0 Å². The molecule has 0 aliphatic rings. The van der Waals surface area contributed by atoms with Crippen LogP contribution in [0, 0.1) is 0 Å². The molecule has 0 amide bonds. The molecule has 8 nitrogen and oxygen atoms in total. The van der Waals surface area contributed by atoms with Gasteiger partial charge in [0, 0.05) is 38.3 Å². The highest BCUT2D eigenvalue weighted by Crippen LogP contribution is 2.17. The number of hydrogen-bond acceptors (Lipinski definition) is 8. The highest BCUT2D eigenvalue weighted by atomic mass is 16.5. The van der Waals surface area contributed by atoms with Gasteiger partial charge in [-0.3, -0.25) is 0 Å². The number of aliphatic hydroxyl groups is 2. The second-order valence-electron chi connectivity index (χ2n) is 6.67. The summed E-state index contributed by atoms with van der Waals surface area (Å²) in [6.45, 7) is 6.33. The molecule has 0 bridgehead atoms. The van der Waals surface area contributed by atoms with Gasteiger partial charge in [-0.1, -0.05) is 0 Å². The van der Waals surface area contributed by atoms with E-state index in [9.17, 15) is 10.2 Å². The molecule has 0 aliphatic carbocycles. The van der Waals surface area contributed by atoms with Crippen molar-refractivity contribution in [3.05, 3.63) is 24.3 Å². The molecular weight excluding hydrogens is 336 g/mol. The summed E-state index contributed by atoms with van der Waals surface area (Å²) in [5.74, 6) is 1.28. The summed E-state index contributed by atoms with van der Waals surface area (Å²) in [6.07, 6.45) is -1.22. The average Bonchev–Trinajstić information content (AvgIpc) is 2.58. The predicted molar refractivity (Wildman–Crippen MR) is 102 cm³/mol. The van der Waals surface area contributed by atoms with E-state index in [-0.39, 0.29) is 25.3 Å². The normalized spacial score (nSPS) is 15.9.